The average Bonchev–Trinajstić information content (AvgIpc) is 3.08. The second-order valence-electron chi connectivity index (χ2n) is 5.56. The van der Waals surface area contributed by atoms with E-state index in [0.717, 1.165) is 24.1 Å². The summed E-state index contributed by atoms with van der Waals surface area (Å²) in [5, 5.41) is 1.35. The number of hydrogen-bond donors (Lipinski definition) is 0. The van der Waals surface area contributed by atoms with E-state index in [1.54, 1.807) is 0 Å². The van der Waals surface area contributed by atoms with E-state index in [9.17, 15) is 0 Å². The molecule has 112 valence electrons. The molecule has 0 aliphatic carbocycles. The van der Waals surface area contributed by atoms with Crippen LogP contribution >= 0.6 is 7.92 Å². The van der Waals surface area contributed by atoms with Crippen LogP contribution in [0.1, 0.15) is 13.8 Å². The first-order chi connectivity index (χ1) is 10.2. The maximum absolute atomic E-state index is 5.69. The van der Waals surface area contributed by atoms with Crippen LogP contribution in [0, 0.1) is 0 Å². The molecular weight excluding hydrogens is 283 g/mol. The van der Waals surface area contributed by atoms with Gasteiger partial charge >= 0.3 is 0 Å². The third-order valence-corrected chi connectivity index (χ3v) is 5.82. The molecule has 1 aromatic rings. The van der Waals surface area contributed by atoms with E-state index in [2.05, 4.69) is 48.1 Å². The molecule has 0 spiro atoms. The number of rotatable bonds is 5. The van der Waals surface area contributed by atoms with Gasteiger partial charge in [-0.15, -0.1) is 0 Å². The second kappa shape index (κ2) is 6.57. The van der Waals surface area contributed by atoms with E-state index >= 15 is 0 Å². The van der Waals surface area contributed by atoms with Crippen LogP contribution in [-0.2, 0) is 9.47 Å². The van der Waals surface area contributed by atoms with Gasteiger partial charge in [0.2, 0.25) is 0 Å². The largest absolute Gasteiger partial charge is 0.478 e. The van der Waals surface area contributed by atoms with Crippen molar-refractivity contribution >= 4 is 25.0 Å². The summed E-state index contributed by atoms with van der Waals surface area (Å²) in [4.78, 5) is 9.15. The van der Waals surface area contributed by atoms with E-state index in [1.165, 1.54) is 5.30 Å². The predicted molar refractivity (Wildman–Crippen MR) is 88.4 cm³/mol. The number of ether oxygens (including phenoxy) is 2. The molecule has 5 heteroatoms. The Morgan fingerprint density at radius 1 is 0.952 bits per heavy atom. The van der Waals surface area contributed by atoms with E-state index < -0.39 is 7.92 Å². The third-order valence-electron chi connectivity index (χ3n) is 3.48. The van der Waals surface area contributed by atoms with Crippen LogP contribution in [0.15, 0.2) is 40.3 Å². The smallest absolute Gasteiger partial charge is 0.188 e. The molecule has 0 fully saturated rings. The van der Waals surface area contributed by atoms with E-state index in [4.69, 9.17) is 9.47 Å². The lowest BCUT2D eigenvalue weighted by atomic mass is 10.4. The second-order valence-corrected chi connectivity index (χ2v) is 7.79. The fraction of sp³-hybridized carbons (Fsp3) is 0.500. The van der Waals surface area contributed by atoms with Gasteiger partial charge in [0.25, 0.3) is 0 Å². The fourth-order valence-electron chi connectivity index (χ4n) is 2.45. The lowest BCUT2D eigenvalue weighted by Gasteiger charge is -2.17. The number of benzene rings is 1. The number of nitrogens with zero attached hydrogens (tertiary/aromatic N) is 2. The molecule has 21 heavy (non-hydrogen) atoms. The van der Waals surface area contributed by atoms with Crippen molar-refractivity contribution in [2.45, 2.75) is 25.9 Å². The molecule has 1 aromatic carbocycles. The summed E-state index contributed by atoms with van der Waals surface area (Å²) in [6, 6.07) is 11.2. The molecule has 0 saturated carbocycles. The Morgan fingerprint density at radius 2 is 1.48 bits per heavy atom. The maximum Gasteiger partial charge on any atom is 0.188 e. The molecule has 0 N–H and O–H groups in total. The fourth-order valence-corrected chi connectivity index (χ4v) is 4.52. The van der Waals surface area contributed by atoms with Crippen molar-refractivity contribution in [3.63, 3.8) is 0 Å². The highest BCUT2D eigenvalue weighted by molar-refractivity contribution is 7.67. The molecule has 1 unspecified atom stereocenters. The van der Waals surface area contributed by atoms with Gasteiger partial charge in [0.15, 0.2) is 11.8 Å². The normalized spacial score (nSPS) is 25.8. The molecule has 4 nitrogen and oxygen atoms in total. The highest BCUT2D eigenvalue weighted by Gasteiger charge is 2.24. The molecule has 2 aliphatic rings. The summed E-state index contributed by atoms with van der Waals surface area (Å²) in [6.07, 6.45) is 1.75. The zero-order valence-electron chi connectivity index (χ0n) is 12.5. The van der Waals surface area contributed by atoms with Gasteiger partial charge in [-0.3, -0.25) is 0 Å². The summed E-state index contributed by atoms with van der Waals surface area (Å²) < 4.78 is 11.4. The number of aliphatic imine (C=N–C) groups is 2. The van der Waals surface area contributed by atoms with Crippen LogP contribution in [0.3, 0.4) is 0 Å². The molecule has 0 bridgehead atoms. The van der Waals surface area contributed by atoms with Gasteiger partial charge in [-0.1, -0.05) is 38.3 Å². The van der Waals surface area contributed by atoms with Crippen molar-refractivity contribution in [1.29, 1.82) is 0 Å². The molecular formula is C16H21N2O2P. The first kappa shape index (κ1) is 14.5. The van der Waals surface area contributed by atoms with Crippen LogP contribution < -0.4 is 5.30 Å². The molecule has 0 amide bonds. The van der Waals surface area contributed by atoms with Gasteiger partial charge in [-0.25, -0.2) is 9.98 Å². The van der Waals surface area contributed by atoms with Gasteiger partial charge in [0, 0.05) is 12.3 Å². The van der Waals surface area contributed by atoms with Crippen LogP contribution in [-0.4, -0.2) is 49.4 Å². The van der Waals surface area contributed by atoms with Gasteiger partial charge < -0.3 is 9.47 Å². The van der Waals surface area contributed by atoms with Crippen LogP contribution in [0.2, 0.25) is 0 Å². The predicted octanol–water partition coefficient (Wildman–Crippen LogP) is 2.43. The number of hydrogen-bond acceptors (Lipinski definition) is 4. The standard InChI is InChI=1S/C16H21N2O2P/c1-12-8-19-15(17-12)10-21(14-6-4-3-5-7-14)11-16-18-13(2)9-20-16/h3-7,12-13H,8-11H2,1-2H3/t12-,13+,21?. The molecule has 3 atom stereocenters. The molecule has 0 radical (unpaired) electrons. The van der Waals surface area contributed by atoms with Gasteiger partial charge in [-0.05, 0) is 19.2 Å². The van der Waals surface area contributed by atoms with E-state index in [-0.39, 0.29) is 12.1 Å². The Labute approximate surface area is 127 Å². The van der Waals surface area contributed by atoms with Gasteiger partial charge in [0.05, 0.1) is 12.1 Å². The summed E-state index contributed by atoms with van der Waals surface area (Å²) in [7, 11) is -0.428. The summed E-state index contributed by atoms with van der Waals surface area (Å²) in [6.45, 7) is 5.59. The summed E-state index contributed by atoms with van der Waals surface area (Å²) >= 11 is 0. The van der Waals surface area contributed by atoms with Crippen LogP contribution in [0.4, 0.5) is 0 Å². The molecule has 2 heterocycles. The highest BCUT2D eigenvalue weighted by atomic mass is 31.1. The van der Waals surface area contributed by atoms with Crippen LogP contribution in [0.5, 0.6) is 0 Å². The maximum atomic E-state index is 5.69. The topological polar surface area (TPSA) is 43.2 Å². The molecule has 3 rings (SSSR count). The van der Waals surface area contributed by atoms with Crippen molar-refractivity contribution in [2.75, 3.05) is 25.5 Å². The minimum absolute atomic E-state index is 0.285. The van der Waals surface area contributed by atoms with Crippen LogP contribution in [0.25, 0.3) is 0 Å². The zero-order chi connectivity index (χ0) is 14.7. The van der Waals surface area contributed by atoms with Crippen molar-refractivity contribution < 1.29 is 9.47 Å². The van der Waals surface area contributed by atoms with Gasteiger partial charge in [-0.2, -0.15) is 0 Å². The van der Waals surface area contributed by atoms with Crippen molar-refractivity contribution in [1.82, 2.24) is 0 Å². The Morgan fingerprint density at radius 3 is 1.90 bits per heavy atom. The van der Waals surface area contributed by atoms with Crippen molar-refractivity contribution in [3.8, 4) is 0 Å². The minimum Gasteiger partial charge on any atom is -0.478 e. The lowest BCUT2D eigenvalue weighted by molar-refractivity contribution is 0.321. The Kier molecular flexibility index (Phi) is 4.54. The van der Waals surface area contributed by atoms with E-state index in [1.807, 2.05) is 6.07 Å². The molecule has 2 aliphatic heterocycles. The highest BCUT2D eigenvalue weighted by Crippen LogP contribution is 2.36. The Bertz CT molecular complexity index is 514. The molecule has 0 saturated heterocycles. The average molecular weight is 304 g/mol. The lowest BCUT2D eigenvalue weighted by Crippen LogP contribution is -2.17. The monoisotopic (exact) mass is 304 g/mol. The first-order valence-corrected chi connectivity index (χ1v) is 9.11. The minimum atomic E-state index is -0.428. The van der Waals surface area contributed by atoms with Crippen molar-refractivity contribution in [2.24, 2.45) is 9.98 Å². The van der Waals surface area contributed by atoms with Crippen molar-refractivity contribution in [3.05, 3.63) is 30.3 Å². The van der Waals surface area contributed by atoms with Gasteiger partial charge in [0.1, 0.15) is 13.2 Å². The third kappa shape index (κ3) is 3.82. The summed E-state index contributed by atoms with van der Waals surface area (Å²) in [5.41, 5.74) is 0. The Balaban J connectivity index is 1.75. The Hall–Kier alpha value is -1.41. The van der Waals surface area contributed by atoms with E-state index in [0.29, 0.717) is 13.2 Å². The first-order valence-electron chi connectivity index (χ1n) is 7.39. The zero-order valence-corrected chi connectivity index (χ0v) is 13.4. The SMILES string of the molecule is C[C@@H]1COC(CP(CC2=N[C@@H](C)CO2)c2ccccc2)=N1. The quantitative estimate of drug-likeness (QED) is 0.784. The summed E-state index contributed by atoms with van der Waals surface area (Å²) in [5.74, 6) is 1.79. The molecule has 0 aromatic heterocycles.